The second kappa shape index (κ2) is 27.0. The van der Waals surface area contributed by atoms with E-state index >= 15 is 0 Å². The number of likely N-dealkylation sites (tertiary alicyclic amines) is 1. The molecule has 0 spiro atoms. The number of aromatic nitrogens is 1. The molecule has 66 heavy (non-hydrogen) atoms. The van der Waals surface area contributed by atoms with Gasteiger partial charge < -0.3 is 25.4 Å². The fourth-order valence-electron chi connectivity index (χ4n) is 7.59. The molecule has 6 atom stereocenters. The van der Waals surface area contributed by atoms with Crippen molar-refractivity contribution in [1.29, 1.82) is 0 Å². The second-order valence-corrected chi connectivity index (χ2v) is 19.7. The summed E-state index contributed by atoms with van der Waals surface area (Å²) in [6, 6.07) is 4.14. The number of nitrogens with one attached hydrogen (secondary N) is 2. The van der Waals surface area contributed by atoms with Crippen LogP contribution in [0.4, 0.5) is 5.69 Å². The number of benzene rings is 1. The van der Waals surface area contributed by atoms with Gasteiger partial charge in [-0.05, 0) is 83.0 Å². The van der Waals surface area contributed by atoms with E-state index in [1.165, 1.54) is 41.0 Å². The Labute approximate surface area is 397 Å². The summed E-state index contributed by atoms with van der Waals surface area (Å²) in [6.45, 7) is 15.1. The third-order valence-corrected chi connectivity index (χ3v) is 14.2. The van der Waals surface area contributed by atoms with Crippen LogP contribution in [0.3, 0.4) is 0 Å². The smallest absolute Gasteiger partial charge is 0.373 e. The number of rotatable bonds is 25. The van der Waals surface area contributed by atoms with Crippen molar-refractivity contribution in [2.24, 2.45) is 17.8 Å². The van der Waals surface area contributed by atoms with Crippen molar-refractivity contribution in [2.75, 3.05) is 39.3 Å². The highest BCUT2D eigenvalue weighted by atomic mass is 32.2. The van der Waals surface area contributed by atoms with Gasteiger partial charge >= 0.3 is 12.1 Å². The molecule has 0 radical (unpaired) electrons. The molecule has 366 valence electrons. The zero-order valence-electron chi connectivity index (χ0n) is 40.6. The van der Waals surface area contributed by atoms with Gasteiger partial charge in [-0.1, -0.05) is 53.5 Å². The molecule has 5 amide bonds. The molecular weight excluding hydrogens is 889 g/mol. The maximum Gasteiger partial charge on any atom is 0.373 e. The molecule has 0 saturated carbocycles. The van der Waals surface area contributed by atoms with Gasteiger partial charge in [0.1, 0.15) is 16.5 Å². The number of imide groups is 1. The Bertz CT molecular complexity index is 2030. The fourth-order valence-corrected chi connectivity index (χ4v) is 9.06. The number of phenols is 1. The number of aromatic hydroxyl groups is 1. The quantitative estimate of drug-likeness (QED) is 0.0585. The number of likely N-dealkylation sites (N-methyl/N-ethyl adjacent to an activating group) is 1. The second-order valence-electron chi connectivity index (χ2n) is 17.8. The first-order chi connectivity index (χ1) is 31.0. The van der Waals surface area contributed by atoms with Gasteiger partial charge in [0.05, 0.1) is 16.5 Å². The third-order valence-electron chi connectivity index (χ3n) is 12.3. The Balaban J connectivity index is 0.00000485. The number of ketones is 1. The minimum absolute atomic E-state index is 0.0182. The van der Waals surface area contributed by atoms with E-state index in [4.69, 9.17) is 14.3 Å². The Morgan fingerprint density at radius 3 is 2.29 bits per heavy atom. The number of nitrogens with zero attached hydrogens (tertiary/aromatic N) is 4. The van der Waals surface area contributed by atoms with Gasteiger partial charge in [-0.15, -0.1) is 11.3 Å². The van der Waals surface area contributed by atoms with Crippen LogP contribution in [0.2, 0.25) is 0 Å². The van der Waals surface area contributed by atoms with Crippen LogP contribution in [-0.4, -0.2) is 129 Å². The molecule has 0 aliphatic carbocycles. The van der Waals surface area contributed by atoms with Crippen LogP contribution in [0.15, 0.2) is 23.6 Å². The lowest BCUT2D eigenvalue weighted by Gasteiger charge is -2.38. The molecule has 1 unspecified atom stereocenters. The number of Topliss-reactive ketones (excluding diaryl/α,β-unsaturated/α-hetero) is 1. The number of anilines is 1. The van der Waals surface area contributed by atoms with E-state index in [2.05, 4.69) is 15.6 Å². The number of esters is 1. The van der Waals surface area contributed by atoms with Gasteiger partial charge in [0.15, 0.2) is 11.9 Å². The molecule has 3 rings (SSSR count). The summed E-state index contributed by atoms with van der Waals surface area (Å²) in [5.41, 5.74) is 0.369. The molecule has 0 bridgehead atoms. The lowest BCUT2D eigenvalue weighted by molar-refractivity contribution is -0.192. The van der Waals surface area contributed by atoms with E-state index in [1.54, 1.807) is 35.7 Å². The van der Waals surface area contributed by atoms with Crippen molar-refractivity contribution in [2.45, 2.75) is 142 Å². The molecule has 1 aliphatic heterocycles. The highest BCUT2D eigenvalue weighted by Gasteiger charge is 2.40. The highest BCUT2D eigenvalue weighted by molar-refractivity contribution is 8.00. The van der Waals surface area contributed by atoms with Crippen molar-refractivity contribution in [1.82, 2.24) is 25.0 Å². The van der Waals surface area contributed by atoms with Gasteiger partial charge in [-0.3, -0.25) is 43.4 Å². The van der Waals surface area contributed by atoms with Crippen molar-refractivity contribution < 1.29 is 53.0 Å². The van der Waals surface area contributed by atoms with Gasteiger partial charge in [0.2, 0.25) is 23.6 Å². The van der Waals surface area contributed by atoms with Crippen molar-refractivity contribution in [3.63, 3.8) is 0 Å². The number of hydrogen-bond acceptors (Lipinski definition) is 15. The summed E-state index contributed by atoms with van der Waals surface area (Å²) >= 11 is 2.53. The molecule has 17 nitrogen and oxygen atoms in total. The summed E-state index contributed by atoms with van der Waals surface area (Å²) in [7, 11) is 5.43. The Morgan fingerprint density at radius 2 is 1.74 bits per heavy atom. The topological polar surface area (TPSA) is 230 Å². The highest BCUT2D eigenvalue weighted by Crippen LogP contribution is 2.33. The molecule has 1 aromatic heterocycles. The molecule has 19 heteroatoms. The normalized spacial score (nSPS) is 16.1. The standard InChI is InChI=1S/C46H70N6O9S2.CO2/c1-13-16-31(21-30-18-19-36(54)33(22-30)48-40(56)17-15-20-52-41(57)25-38(62-12)45(52)60)47-42(58)34-26-63-43(49-34)37(61-29(6)53)24-35(27(3)4)51(11)44(59)32(28(5)14-2)23-39(55)46(7,8)50(9)10;2-1-3/h18-19,22,26-28,31-32,35,37-38,54H,13-17,20-21,23-25H2,1-12H3,(H,47,58)(H,48,56);/t28-,31+,32-,35+,37+,38?;/m0./s1. The SMILES string of the molecule is CCC[C@H](Cc1ccc(O)c(NC(=O)CCCN2C(=O)CC(SC)C2=O)c1)NC(=O)c1csc([C@@H](C[C@H](C(C)C)N(C)C(=O)[C@@H](CC(=O)C(C)(C)N(C)C)[C@@H](C)CC)OC(C)=O)n1.O=C=O. The Morgan fingerprint density at radius 1 is 1.09 bits per heavy atom. The van der Waals surface area contributed by atoms with E-state index in [0.29, 0.717) is 17.8 Å². The monoisotopic (exact) mass is 958 g/mol. The third kappa shape index (κ3) is 16.4. The van der Waals surface area contributed by atoms with E-state index < -0.39 is 29.4 Å². The first kappa shape index (κ1) is 57.2. The molecule has 1 aromatic carbocycles. The van der Waals surface area contributed by atoms with Crippen LogP contribution in [0, 0.1) is 17.8 Å². The van der Waals surface area contributed by atoms with E-state index in [0.717, 1.165) is 18.4 Å². The van der Waals surface area contributed by atoms with E-state index in [1.807, 2.05) is 67.5 Å². The predicted octanol–water partition coefficient (Wildman–Crippen LogP) is 6.05. The summed E-state index contributed by atoms with van der Waals surface area (Å²) in [6.07, 6.45) is 4.49. The average Bonchev–Trinajstić information content (AvgIpc) is 3.85. The summed E-state index contributed by atoms with van der Waals surface area (Å²) in [4.78, 5) is 117. The van der Waals surface area contributed by atoms with Crippen LogP contribution in [0.25, 0.3) is 0 Å². The zero-order chi connectivity index (χ0) is 50.1. The van der Waals surface area contributed by atoms with Crippen LogP contribution in [0.5, 0.6) is 5.75 Å². The Kier molecular flexibility index (Phi) is 23.4. The zero-order valence-corrected chi connectivity index (χ0v) is 42.2. The number of hydrogen-bond donors (Lipinski definition) is 3. The summed E-state index contributed by atoms with van der Waals surface area (Å²) < 4.78 is 5.81. The number of phenolic OH excluding ortho intramolecular Hbond substituents is 1. The van der Waals surface area contributed by atoms with Gasteiger partial charge in [0.25, 0.3) is 5.91 Å². The van der Waals surface area contributed by atoms with Gasteiger partial charge in [-0.25, -0.2) is 4.98 Å². The number of amides is 5. The first-order valence-electron chi connectivity index (χ1n) is 22.4. The lowest BCUT2D eigenvalue weighted by Crippen LogP contribution is -2.50. The molecule has 1 aliphatic rings. The molecular formula is C47H70N6O11S2. The summed E-state index contributed by atoms with van der Waals surface area (Å²) in [5, 5.41) is 18.0. The maximum atomic E-state index is 14.3. The van der Waals surface area contributed by atoms with Crippen molar-refractivity contribution in [3.8, 4) is 5.75 Å². The molecule has 3 N–H and O–H groups in total. The number of carbonyl (C=O) groups is 7. The fraction of sp³-hybridized carbons (Fsp3) is 0.638. The van der Waals surface area contributed by atoms with Crippen LogP contribution < -0.4 is 10.6 Å². The minimum Gasteiger partial charge on any atom is -0.506 e. The maximum absolute atomic E-state index is 14.3. The van der Waals surface area contributed by atoms with Crippen molar-refractivity contribution >= 4 is 76.2 Å². The average molecular weight is 959 g/mol. The van der Waals surface area contributed by atoms with Gasteiger partial charge in [-0.2, -0.15) is 21.4 Å². The molecule has 2 heterocycles. The van der Waals surface area contributed by atoms with E-state index in [9.17, 15) is 38.7 Å². The number of thiazole rings is 1. The molecule has 1 fully saturated rings. The summed E-state index contributed by atoms with van der Waals surface area (Å²) in [5.74, 6) is -2.73. The van der Waals surface area contributed by atoms with Crippen LogP contribution in [-0.2, 0) is 49.5 Å². The van der Waals surface area contributed by atoms with Crippen molar-refractivity contribution in [3.05, 3.63) is 39.8 Å². The molecule has 2 aromatic rings. The number of thioether (sulfide) groups is 1. The largest absolute Gasteiger partial charge is 0.506 e. The van der Waals surface area contributed by atoms with Crippen LogP contribution in [0.1, 0.15) is 134 Å². The first-order valence-corrected chi connectivity index (χ1v) is 24.5. The van der Waals surface area contributed by atoms with Gasteiger partial charge in [0, 0.05) is 69.6 Å². The molecule has 1 saturated heterocycles. The lowest BCUT2D eigenvalue weighted by atomic mass is 9.81. The van der Waals surface area contributed by atoms with E-state index in [-0.39, 0.29) is 121 Å². The number of ether oxygens (including phenoxy) is 1. The van der Waals surface area contributed by atoms with Crippen LogP contribution >= 0.6 is 23.1 Å². The number of carbonyl (C=O) groups excluding carboxylic acids is 9. The Hall–Kier alpha value is -4.97. The predicted molar refractivity (Wildman–Crippen MR) is 252 cm³/mol. The minimum atomic E-state index is -0.845.